The normalized spacial score (nSPS) is 11.1. The number of esters is 1. The smallest absolute Gasteiger partial charge is 0.416 e. The molecule has 0 amide bonds. The van der Waals surface area contributed by atoms with E-state index in [4.69, 9.17) is 4.74 Å². The van der Waals surface area contributed by atoms with Crippen LogP contribution in [-0.2, 0) is 15.7 Å². The zero-order valence-corrected chi connectivity index (χ0v) is 9.08. The second-order valence-electron chi connectivity index (χ2n) is 3.20. The molecule has 0 heterocycles. The summed E-state index contributed by atoms with van der Waals surface area (Å²) in [5.41, 5.74) is -0.738. The monoisotopic (exact) mass is 248 g/mol. The molecule has 0 radical (unpaired) electrons. The summed E-state index contributed by atoms with van der Waals surface area (Å²) in [5, 5.41) is 0. The van der Waals surface area contributed by atoms with Crippen LogP contribution in [-0.4, -0.2) is 19.7 Å². The quantitative estimate of drug-likeness (QED) is 0.768. The van der Waals surface area contributed by atoms with Crippen LogP contribution in [0.25, 0.3) is 0 Å². The zero-order chi connectivity index (χ0) is 12.9. The van der Waals surface area contributed by atoms with E-state index in [0.717, 1.165) is 12.1 Å². The number of alkyl halides is 3. The van der Waals surface area contributed by atoms with E-state index in [9.17, 15) is 18.0 Å². The summed E-state index contributed by atoms with van der Waals surface area (Å²) in [5.74, 6) is -0.154. The summed E-state index contributed by atoms with van der Waals surface area (Å²) in [4.78, 5) is 10.7. The van der Waals surface area contributed by atoms with Gasteiger partial charge in [-0.15, -0.1) is 0 Å². The van der Waals surface area contributed by atoms with Gasteiger partial charge in [0.05, 0.1) is 25.7 Å². The average Bonchev–Trinajstić information content (AvgIpc) is 2.28. The third kappa shape index (κ3) is 4.34. The predicted octanol–water partition coefficient (Wildman–Crippen LogP) is 2.65. The van der Waals surface area contributed by atoms with Gasteiger partial charge >= 0.3 is 12.1 Å². The third-order valence-corrected chi connectivity index (χ3v) is 1.98. The first-order valence-corrected chi connectivity index (χ1v) is 4.80. The van der Waals surface area contributed by atoms with Gasteiger partial charge in [-0.1, -0.05) is 0 Å². The van der Waals surface area contributed by atoms with Crippen LogP contribution in [0.3, 0.4) is 0 Å². The average molecular weight is 248 g/mol. The fourth-order valence-electron chi connectivity index (χ4n) is 1.09. The fourth-order valence-corrected chi connectivity index (χ4v) is 1.09. The molecule has 0 N–H and O–H groups in total. The highest BCUT2D eigenvalue weighted by Crippen LogP contribution is 2.30. The van der Waals surface area contributed by atoms with Gasteiger partial charge in [0, 0.05) is 0 Å². The molecule has 0 bridgehead atoms. The van der Waals surface area contributed by atoms with E-state index in [-0.39, 0.29) is 18.8 Å². The van der Waals surface area contributed by atoms with Gasteiger partial charge < -0.3 is 9.47 Å². The van der Waals surface area contributed by atoms with Crippen molar-refractivity contribution < 1.29 is 27.4 Å². The lowest BCUT2D eigenvalue weighted by Crippen LogP contribution is -2.08. The van der Waals surface area contributed by atoms with Crippen molar-refractivity contribution in [3.05, 3.63) is 29.8 Å². The molecular weight excluding hydrogens is 237 g/mol. The number of ether oxygens (including phenoxy) is 2. The Hall–Kier alpha value is -1.72. The summed E-state index contributed by atoms with van der Waals surface area (Å²) in [6.07, 6.45) is -4.30. The molecule has 0 fully saturated rings. The highest BCUT2D eigenvalue weighted by molar-refractivity contribution is 5.69. The summed E-state index contributed by atoms with van der Waals surface area (Å²) in [6, 6.07) is 4.27. The summed E-state index contributed by atoms with van der Waals surface area (Å²) in [7, 11) is 1.25. The Balaban J connectivity index is 2.49. The van der Waals surface area contributed by atoms with Crippen molar-refractivity contribution in [1.29, 1.82) is 0 Å². The second-order valence-corrected chi connectivity index (χ2v) is 3.20. The zero-order valence-electron chi connectivity index (χ0n) is 9.08. The summed E-state index contributed by atoms with van der Waals surface area (Å²) < 4.78 is 46.1. The van der Waals surface area contributed by atoms with E-state index in [1.54, 1.807) is 0 Å². The topological polar surface area (TPSA) is 35.5 Å². The number of hydrogen-bond acceptors (Lipinski definition) is 3. The first-order chi connectivity index (χ1) is 7.93. The molecule has 3 nitrogen and oxygen atoms in total. The SMILES string of the molecule is COC(=O)CCOc1ccc(C(F)(F)F)cc1. The molecule has 0 spiro atoms. The Morgan fingerprint density at radius 1 is 1.24 bits per heavy atom. The second kappa shape index (κ2) is 5.56. The van der Waals surface area contributed by atoms with Gasteiger partial charge in [0.2, 0.25) is 0 Å². The van der Waals surface area contributed by atoms with Crippen molar-refractivity contribution in [1.82, 2.24) is 0 Å². The van der Waals surface area contributed by atoms with Crippen LogP contribution in [0, 0.1) is 0 Å². The van der Waals surface area contributed by atoms with Crippen molar-refractivity contribution >= 4 is 5.97 Å². The van der Waals surface area contributed by atoms with Gasteiger partial charge in [-0.25, -0.2) is 0 Å². The van der Waals surface area contributed by atoms with Crippen LogP contribution < -0.4 is 4.74 Å². The number of methoxy groups -OCH3 is 1. The van der Waals surface area contributed by atoms with E-state index >= 15 is 0 Å². The number of hydrogen-bond donors (Lipinski definition) is 0. The molecule has 0 atom stereocenters. The molecule has 0 unspecified atom stereocenters. The molecule has 0 aromatic heterocycles. The largest absolute Gasteiger partial charge is 0.493 e. The summed E-state index contributed by atoms with van der Waals surface area (Å²) in [6.45, 7) is 0.0675. The lowest BCUT2D eigenvalue weighted by atomic mass is 10.2. The Morgan fingerprint density at radius 2 is 1.82 bits per heavy atom. The molecule has 1 aromatic rings. The highest BCUT2D eigenvalue weighted by atomic mass is 19.4. The molecule has 6 heteroatoms. The molecule has 0 aliphatic heterocycles. The van der Waals surface area contributed by atoms with Crippen molar-refractivity contribution in [3.63, 3.8) is 0 Å². The maximum atomic E-state index is 12.2. The van der Waals surface area contributed by atoms with E-state index in [1.165, 1.54) is 19.2 Å². The van der Waals surface area contributed by atoms with Crippen LogP contribution in [0.5, 0.6) is 5.75 Å². The minimum atomic E-state index is -4.36. The number of carbonyl (C=O) groups excluding carboxylic acids is 1. The van der Waals surface area contributed by atoms with Gasteiger partial charge in [0.25, 0.3) is 0 Å². The predicted molar refractivity (Wildman–Crippen MR) is 53.6 cm³/mol. The molecule has 1 rings (SSSR count). The van der Waals surface area contributed by atoms with Crippen LogP contribution in [0.4, 0.5) is 13.2 Å². The lowest BCUT2D eigenvalue weighted by Gasteiger charge is -2.08. The molecule has 0 saturated heterocycles. The maximum absolute atomic E-state index is 12.2. The van der Waals surface area contributed by atoms with Gasteiger partial charge in [0.1, 0.15) is 5.75 Å². The molecule has 94 valence electrons. The minimum Gasteiger partial charge on any atom is -0.493 e. The standard InChI is InChI=1S/C11H11F3O3/c1-16-10(15)6-7-17-9-4-2-8(3-5-9)11(12,13)14/h2-5H,6-7H2,1H3. The summed E-state index contributed by atoms with van der Waals surface area (Å²) >= 11 is 0. The maximum Gasteiger partial charge on any atom is 0.416 e. The Morgan fingerprint density at radius 3 is 2.29 bits per heavy atom. The van der Waals surface area contributed by atoms with E-state index in [2.05, 4.69) is 4.74 Å². The van der Waals surface area contributed by atoms with Crippen LogP contribution in [0.1, 0.15) is 12.0 Å². The van der Waals surface area contributed by atoms with E-state index < -0.39 is 17.7 Å². The van der Waals surface area contributed by atoms with Crippen molar-refractivity contribution in [2.45, 2.75) is 12.6 Å². The van der Waals surface area contributed by atoms with E-state index in [0.29, 0.717) is 0 Å². The molecule has 0 saturated carbocycles. The first-order valence-electron chi connectivity index (χ1n) is 4.80. The Labute approximate surface area is 96.1 Å². The first kappa shape index (κ1) is 13.3. The fraction of sp³-hybridized carbons (Fsp3) is 0.364. The van der Waals surface area contributed by atoms with Crippen molar-refractivity contribution in [3.8, 4) is 5.75 Å². The van der Waals surface area contributed by atoms with Crippen molar-refractivity contribution in [2.75, 3.05) is 13.7 Å². The molecular formula is C11H11F3O3. The molecule has 1 aromatic carbocycles. The lowest BCUT2D eigenvalue weighted by molar-refractivity contribution is -0.141. The molecule has 0 aliphatic carbocycles. The molecule has 17 heavy (non-hydrogen) atoms. The highest BCUT2D eigenvalue weighted by Gasteiger charge is 2.29. The Bertz CT molecular complexity index is 371. The van der Waals surface area contributed by atoms with Gasteiger partial charge in [-0.05, 0) is 24.3 Å². The number of carbonyl (C=O) groups is 1. The minimum absolute atomic E-state index is 0.0531. The van der Waals surface area contributed by atoms with Gasteiger partial charge in [0.15, 0.2) is 0 Å². The number of benzene rings is 1. The third-order valence-electron chi connectivity index (χ3n) is 1.98. The molecule has 0 aliphatic rings. The van der Waals surface area contributed by atoms with Crippen LogP contribution in [0.15, 0.2) is 24.3 Å². The van der Waals surface area contributed by atoms with Crippen LogP contribution in [0.2, 0.25) is 0 Å². The van der Waals surface area contributed by atoms with Crippen LogP contribution >= 0.6 is 0 Å². The Kier molecular flexibility index (Phi) is 4.37. The number of halogens is 3. The van der Waals surface area contributed by atoms with E-state index in [1.807, 2.05) is 0 Å². The van der Waals surface area contributed by atoms with Gasteiger partial charge in [-0.2, -0.15) is 13.2 Å². The van der Waals surface area contributed by atoms with Gasteiger partial charge in [-0.3, -0.25) is 4.79 Å². The number of rotatable bonds is 4. The van der Waals surface area contributed by atoms with Crippen molar-refractivity contribution in [2.24, 2.45) is 0 Å².